The van der Waals surface area contributed by atoms with Gasteiger partial charge in [0.1, 0.15) is 11.5 Å². The monoisotopic (exact) mass is 618 g/mol. The van der Waals surface area contributed by atoms with Gasteiger partial charge in [0.2, 0.25) is 0 Å². The zero-order valence-electron chi connectivity index (χ0n) is 26.9. The molecular weight excluding hydrogens is 584 g/mol. The van der Waals surface area contributed by atoms with E-state index >= 15 is 0 Å². The lowest BCUT2D eigenvalue weighted by Crippen LogP contribution is -2.14. The van der Waals surface area contributed by atoms with E-state index in [1.54, 1.807) is 24.9 Å². The molecule has 0 saturated carbocycles. The van der Waals surface area contributed by atoms with E-state index < -0.39 is 5.91 Å². The van der Waals surface area contributed by atoms with Gasteiger partial charge in [-0.2, -0.15) is 0 Å². The molecule has 7 rings (SSSR count). The summed E-state index contributed by atoms with van der Waals surface area (Å²) in [4.78, 5) is 35.2. The van der Waals surface area contributed by atoms with Crippen molar-refractivity contribution >= 4 is 44.4 Å². The number of carbonyl (C=O) groups excluding carboxylic acids is 1. The zero-order chi connectivity index (χ0) is 33.0. The molecule has 46 heavy (non-hydrogen) atoms. The molecule has 1 amide bonds. The molecule has 5 heterocycles. The van der Waals surface area contributed by atoms with E-state index in [2.05, 4.69) is 36.6 Å². The highest BCUT2D eigenvalue weighted by atomic mass is 16.5. The van der Waals surface area contributed by atoms with Crippen LogP contribution in [-0.2, 0) is 7.05 Å². The molecule has 0 bridgehead atoms. The second kappa shape index (κ2) is 11.3. The largest absolute Gasteiger partial charge is 0.387 e. The van der Waals surface area contributed by atoms with E-state index in [-0.39, 0.29) is 5.69 Å². The Balaban J connectivity index is 0.000000162. The molecule has 5 aromatic heterocycles. The predicted molar refractivity (Wildman–Crippen MR) is 178 cm³/mol. The van der Waals surface area contributed by atoms with Crippen molar-refractivity contribution in [1.29, 1.82) is 0 Å². The Bertz CT molecular complexity index is 2350. The zero-order valence-corrected chi connectivity index (χ0v) is 26.9. The highest BCUT2D eigenvalue weighted by Crippen LogP contribution is 2.36. The van der Waals surface area contributed by atoms with Gasteiger partial charge in [-0.05, 0) is 88.1 Å². The summed E-state index contributed by atoms with van der Waals surface area (Å²) in [6, 6.07) is 8.10. The molecule has 0 radical (unpaired) electrons. The summed E-state index contributed by atoms with van der Waals surface area (Å²) in [6.07, 6.45) is 3.20. The molecule has 7 aromatic rings. The van der Waals surface area contributed by atoms with Crippen LogP contribution in [0.3, 0.4) is 0 Å². The fourth-order valence-corrected chi connectivity index (χ4v) is 6.16. The van der Waals surface area contributed by atoms with Gasteiger partial charge in [-0.25, -0.2) is 4.79 Å². The number of aryl methyl sites for hydroxylation is 7. The van der Waals surface area contributed by atoms with E-state index in [0.29, 0.717) is 11.3 Å². The number of aromatic amines is 1. The number of nitrogens with one attached hydrogen (secondary N) is 2. The van der Waals surface area contributed by atoms with Crippen molar-refractivity contribution in [3.8, 4) is 22.3 Å². The fourth-order valence-electron chi connectivity index (χ4n) is 6.16. The Morgan fingerprint density at radius 1 is 0.826 bits per heavy atom. The Morgan fingerprint density at radius 2 is 1.35 bits per heavy atom. The topological polar surface area (TPSA) is 171 Å². The number of H-pyrrole nitrogens is 1. The van der Waals surface area contributed by atoms with E-state index in [1.165, 1.54) is 6.20 Å². The summed E-state index contributed by atoms with van der Waals surface area (Å²) in [5.74, 6) is 1.06. The number of carbonyl (C=O) groups is 1. The molecule has 0 aliphatic rings. The molecule has 0 spiro atoms. The molecule has 0 unspecified atom stereocenters. The minimum Gasteiger partial charge on any atom is -0.387 e. The third kappa shape index (κ3) is 4.87. The summed E-state index contributed by atoms with van der Waals surface area (Å²) in [5.41, 5.74) is 17.5. The van der Waals surface area contributed by atoms with Crippen molar-refractivity contribution in [1.82, 2.24) is 29.8 Å². The smallest absolute Gasteiger partial charge is 0.326 e. The van der Waals surface area contributed by atoms with Crippen molar-refractivity contribution in [2.24, 2.45) is 12.8 Å². The van der Waals surface area contributed by atoms with Crippen molar-refractivity contribution in [3.05, 3.63) is 86.7 Å². The third-order valence-electron chi connectivity index (χ3n) is 8.40. The van der Waals surface area contributed by atoms with E-state index in [0.717, 1.165) is 89.1 Å². The van der Waals surface area contributed by atoms with Crippen molar-refractivity contribution < 1.29 is 13.8 Å². The van der Waals surface area contributed by atoms with Crippen LogP contribution in [0, 0.1) is 41.5 Å². The van der Waals surface area contributed by atoms with Crippen LogP contribution >= 0.6 is 0 Å². The number of nitrogens with zero attached hydrogens (tertiary/aromatic N) is 5. The molecule has 0 atom stereocenters. The van der Waals surface area contributed by atoms with Gasteiger partial charge in [-0.3, -0.25) is 19.3 Å². The van der Waals surface area contributed by atoms with Gasteiger partial charge >= 0.3 is 5.69 Å². The highest BCUT2D eigenvalue weighted by molar-refractivity contribution is 6.07. The normalized spacial score (nSPS) is 11.3. The maximum Gasteiger partial charge on any atom is 0.326 e. The molecule has 0 saturated heterocycles. The number of rotatable bonds is 4. The van der Waals surface area contributed by atoms with Crippen LogP contribution in [0.5, 0.6) is 0 Å². The first-order valence-corrected chi connectivity index (χ1v) is 14.7. The van der Waals surface area contributed by atoms with Gasteiger partial charge in [0, 0.05) is 42.2 Å². The number of imidazole rings is 1. The van der Waals surface area contributed by atoms with E-state index in [9.17, 15) is 9.59 Å². The van der Waals surface area contributed by atoms with E-state index in [1.807, 2.05) is 59.7 Å². The van der Waals surface area contributed by atoms with Gasteiger partial charge in [0.05, 0.1) is 50.9 Å². The molecular formula is C34H34N8O4. The van der Waals surface area contributed by atoms with Gasteiger partial charge in [-0.15, -0.1) is 0 Å². The van der Waals surface area contributed by atoms with Gasteiger partial charge in [0.15, 0.2) is 0 Å². The van der Waals surface area contributed by atoms with Gasteiger partial charge in [-0.1, -0.05) is 10.3 Å². The lowest BCUT2D eigenvalue weighted by molar-refractivity contribution is 0.100. The molecule has 0 aliphatic heterocycles. The number of pyridine rings is 2. The summed E-state index contributed by atoms with van der Waals surface area (Å²) in [7, 11) is 3.52. The maximum absolute atomic E-state index is 11.9. The first kappa shape index (κ1) is 30.3. The molecule has 4 N–H and O–H groups in total. The van der Waals surface area contributed by atoms with E-state index in [4.69, 9.17) is 14.8 Å². The van der Waals surface area contributed by atoms with Crippen molar-refractivity contribution in [2.75, 3.05) is 12.4 Å². The number of fused-ring (bicyclic) bond motifs is 4. The van der Waals surface area contributed by atoms with Crippen LogP contribution in [0.25, 0.3) is 55.1 Å². The number of hydrogen-bond donors (Lipinski definition) is 3. The third-order valence-corrected chi connectivity index (χ3v) is 8.40. The minimum atomic E-state index is -0.504. The average Bonchev–Trinajstić information content (AvgIpc) is 3.64. The summed E-state index contributed by atoms with van der Waals surface area (Å²) >= 11 is 0. The molecule has 2 aromatic carbocycles. The number of hydrogen-bond acceptors (Lipinski definition) is 9. The van der Waals surface area contributed by atoms with Crippen LogP contribution in [-0.4, -0.2) is 42.8 Å². The number of benzene rings is 2. The Hall–Kier alpha value is -5.78. The van der Waals surface area contributed by atoms with Crippen LogP contribution < -0.4 is 16.7 Å². The standard InChI is InChI=1S/C17H16N4O2.C17H18N4O2/c1-8-5-12-13(6-11(8)15-9(2)20-23-10(15)3)18-7-14-16(12)21(4)17(22)19-14;1-8-5-12-14(20-7-13(17(18)22)16(12)19-4)6-11(8)15-9(2)21-23-10(15)3/h5-7H,1-4H3,(H,19,22);5-7H,1-4H3,(H2,18,22)(H,19,20). The first-order valence-electron chi connectivity index (χ1n) is 14.7. The Kier molecular flexibility index (Phi) is 7.43. The Morgan fingerprint density at radius 3 is 1.85 bits per heavy atom. The average molecular weight is 619 g/mol. The second-order valence-electron chi connectivity index (χ2n) is 11.4. The van der Waals surface area contributed by atoms with Crippen LogP contribution in [0.4, 0.5) is 5.69 Å². The molecule has 234 valence electrons. The first-order chi connectivity index (χ1) is 21.9. The molecule has 12 heteroatoms. The SMILES string of the molecule is CNc1c(C(N)=O)cnc2cc(-c3c(C)noc3C)c(C)cc12.Cc1cc2c(cc1-c1c(C)noc1C)ncc1[nH]c(=O)n(C)c12. The van der Waals surface area contributed by atoms with Crippen LogP contribution in [0.2, 0.25) is 0 Å². The fraction of sp³-hybridized carbons (Fsp3) is 0.235. The van der Waals surface area contributed by atoms with Crippen molar-refractivity contribution in [3.63, 3.8) is 0 Å². The highest BCUT2D eigenvalue weighted by Gasteiger charge is 2.19. The number of aromatic nitrogens is 6. The summed E-state index contributed by atoms with van der Waals surface area (Å²) < 4.78 is 12.2. The Labute approximate surface area is 263 Å². The second-order valence-corrected chi connectivity index (χ2v) is 11.4. The lowest BCUT2D eigenvalue weighted by Gasteiger charge is -2.13. The molecule has 12 nitrogen and oxygen atoms in total. The number of amides is 1. The number of anilines is 1. The molecule has 0 aliphatic carbocycles. The van der Waals surface area contributed by atoms with Gasteiger partial charge < -0.3 is 25.1 Å². The van der Waals surface area contributed by atoms with Crippen LogP contribution in [0.1, 0.15) is 44.4 Å². The number of primary amides is 1. The summed E-state index contributed by atoms with van der Waals surface area (Å²) in [5, 5.41) is 12.9. The molecule has 0 fully saturated rings. The van der Waals surface area contributed by atoms with Crippen molar-refractivity contribution in [2.45, 2.75) is 41.5 Å². The van der Waals surface area contributed by atoms with Gasteiger partial charge in [0.25, 0.3) is 5.91 Å². The maximum atomic E-state index is 11.9. The lowest BCUT2D eigenvalue weighted by atomic mass is 9.96. The minimum absolute atomic E-state index is 0.137. The number of nitrogens with two attached hydrogens (primary N) is 1. The predicted octanol–water partition coefficient (Wildman–Crippen LogP) is 5.95. The quantitative estimate of drug-likeness (QED) is 0.216. The summed E-state index contributed by atoms with van der Waals surface area (Å²) in [6.45, 7) is 11.7. The van der Waals surface area contributed by atoms with Crippen LogP contribution in [0.15, 0.2) is 50.5 Å².